The van der Waals surface area contributed by atoms with Gasteiger partial charge in [-0.25, -0.2) is 4.39 Å². The van der Waals surface area contributed by atoms with Crippen molar-refractivity contribution in [2.75, 3.05) is 34.9 Å². The highest BCUT2D eigenvalue weighted by Gasteiger charge is 2.14. The molecule has 1 aromatic carbocycles. The lowest BCUT2D eigenvalue weighted by Crippen LogP contribution is -2.23. The molecule has 1 fully saturated rings. The molecule has 2 nitrogen and oxygen atoms in total. The lowest BCUT2D eigenvalue weighted by atomic mass is 10.2. The topological polar surface area (TPSA) is 38.0 Å². The maximum Gasteiger partial charge on any atom is 0.139 e. The van der Waals surface area contributed by atoms with E-state index in [4.69, 9.17) is 5.73 Å². The summed E-state index contributed by atoms with van der Waals surface area (Å²) in [6.45, 7) is 0.836. The van der Waals surface area contributed by atoms with Crippen LogP contribution in [0.4, 0.5) is 15.8 Å². The molecule has 1 saturated heterocycles. The Hall–Kier alpha value is -0.0700. The van der Waals surface area contributed by atoms with E-state index in [1.54, 1.807) is 6.07 Å². The Morgan fingerprint density at radius 3 is 3.00 bits per heavy atom. The Morgan fingerprint density at radius 2 is 2.29 bits per heavy atom. The minimum atomic E-state index is -0.285. The van der Waals surface area contributed by atoms with E-state index in [-0.39, 0.29) is 5.82 Å². The lowest BCUT2D eigenvalue weighted by Gasteiger charge is -2.22. The molecule has 94 valence electrons. The SMILES string of the molecule is Nc1cc(Br)c(F)cc1NCC1CSCCS1. The maximum absolute atomic E-state index is 13.4. The van der Waals surface area contributed by atoms with Crippen LogP contribution in [0.15, 0.2) is 16.6 Å². The molecular weight excluding hydrogens is 323 g/mol. The van der Waals surface area contributed by atoms with Crippen molar-refractivity contribution in [2.45, 2.75) is 5.25 Å². The molecule has 1 aliphatic rings. The Balaban J connectivity index is 1.96. The molecule has 0 aliphatic carbocycles. The van der Waals surface area contributed by atoms with E-state index in [9.17, 15) is 4.39 Å². The van der Waals surface area contributed by atoms with Crippen LogP contribution in [-0.2, 0) is 0 Å². The number of nitrogens with two attached hydrogens (primary N) is 1. The Morgan fingerprint density at radius 1 is 1.47 bits per heavy atom. The van der Waals surface area contributed by atoms with Gasteiger partial charge in [0.1, 0.15) is 5.82 Å². The first-order valence-corrected chi connectivity index (χ1v) is 8.34. The number of rotatable bonds is 3. The van der Waals surface area contributed by atoms with Crippen LogP contribution in [0.25, 0.3) is 0 Å². The zero-order valence-electron chi connectivity index (χ0n) is 9.21. The normalized spacial score (nSPS) is 20.2. The van der Waals surface area contributed by atoms with Crippen molar-refractivity contribution in [1.29, 1.82) is 0 Å². The molecule has 6 heteroatoms. The van der Waals surface area contributed by atoms with Gasteiger partial charge in [-0.1, -0.05) is 0 Å². The molecular formula is C11H14BrFN2S2. The van der Waals surface area contributed by atoms with Crippen molar-refractivity contribution in [3.63, 3.8) is 0 Å². The van der Waals surface area contributed by atoms with Gasteiger partial charge in [-0.15, -0.1) is 0 Å². The van der Waals surface area contributed by atoms with E-state index in [1.165, 1.54) is 17.6 Å². The van der Waals surface area contributed by atoms with E-state index in [1.807, 2.05) is 23.5 Å². The fourth-order valence-corrected chi connectivity index (χ4v) is 4.57. The van der Waals surface area contributed by atoms with Gasteiger partial charge < -0.3 is 11.1 Å². The Kier molecular flexibility index (Phi) is 4.87. The molecule has 1 aromatic rings. The molecule has 0 radical (unpaired) electrons. The van der Waals surface area contributed by atoms with E-state index < -0.39 is 0 Å². The summed E-state index contributed by atoms with van der Waals surface area (Å²) in [5, 5.41) is 3.81. The van der Waals surface area contributed by atoms with E-state index in [0.29, 0.717) is 21.1 Å². The third-order valence-corrected chi connectivity index (χ3v) is 5.95. The highest BCUT2D eigenvalue weighted by Crippen LogP contribution is 2.28. The van der Waals surface area contributed by atoms with E-state index in [2.05, 4.69) is 21.2 Å². The smallest absolute Gasteiger partial charge is 0.139 e. The second-order valence-corrected chi connectivity index (χ2v) is 7.21. The fraction of sp³-hybridized carbons (Fsp3) is 0.455. The largest absolute Gasteiger partial charge is 0.397 e. The van der Waals surface area contributed by atoms with Crippen molar-refractivity contribution >= 4 is 50.8 Å². The zero-order valence-corrected chi connectivity index (χ0v) is 12.4. The molecule has 17 heavy (non-hydrogen) atoms. The minimum Gasteiger partial charge on any atom is -0.397 e. The number of nitrogen functional groups attached to an aromatic ring is 1. The number of halogens is 2. The predicted octanol–water partition coefficient (Wildman–Crippen LogP) is 3.43. The van der Waals surface area contributed by atoms with E-state index in [0.717, 1.165) is 12.3 Å². The minimum absolute atomic E-state index is 0.285. The third-order valence-electron chi connectivity index (χ3n) is 2.50. The van der Waals surface area contributed by atoms with Crippen LogP contribution >= 0.6 is 39.5 Å². The van der Waals surface area contributed by atoms with E-state index >= 15 is 0 Å². The van der Waals surface area contributed by atoms with Crippen molar-refractivity contribution < 1.29 is 4.39 Å². The number of benzene rings is 1. The molecule has 1 unspecified atom stereocenters. The highest BCUT2D eigenvalue weighted by atomic mass is 79.9. The number of thioether (sulfide) groups is 2. The van der Waals surface area contributed by atoms with Crippen molar-refractivity contribution in [3.8, 4) is 0 Å². The fourth-order valence-electron chi connectivity index (χ4n) is 1.59. The van der Waals surface area contributed by atoms with Crippen LogP contribution in [0, 0.1) is 5.82 Å². The molecule has 1 aliphatic heterocycles. The Labute approximate surface area is 117 Å². The third kappa shape index (κ3) is 3.69. The molecule has 0 aromatic heterocycles. The van der Waals surface area contributed by atoms with Crippen LogP contribution in [0.1, 0.15) is 0 Å². The average Bonchev–Trinajstić information content (AvgIpc) is 2.33. The molecule has 2 rings (SSSR count). The maximum atomic E-state index is 13.4. The number of anilines is 2. The highest BCUT2D eigenvalue weighted by molar-refractivity contribution is 9.10. The summed E-state index contributed by atoms with van der Waals surface area (Å²) in [4.78, 5) is 0. The summed E-state index contributed by atoms with van der Waals surface area (Å²) in [6, 6.07) is 3.04. The number of hydrogen-bond donors (Lipinski definition) is 2. The molecule has 3 N–H and O–H groups in total. The standard InChI is InChI=1S/C11H14BrFN2S2/c12-8-3-10(14)11(4-9(8)13)15-5-7-6-16-1-2-17-7/h3-4,7,15H,1-2,5-6,14H2. The van der Waals surface area contributed by atoms with Crippen LogP contribution in [-0.4, -0.2) is 29.1 Å². The monoisotopic (exact) mass is 336 g/mol. The van der Waals surface area contributed by atoms with Crippen LogP contribution < -0.4 is 11.1 Å². The first kappa shape index (κ1) is 13.4. The van der Waals surface area contributed by atoms with Gasteiger partial charge in [0.2, 0.25) is 0 Å². The van der Waals surface area contributed by atoms with Gasteiger partial charge in [-0.2, -0.15) is 23.5 Å². The van der Waals surface area contributed by atoms with Crippen molar-refractivity contribution in [3.05, 3.63) is 22.4 Å². The van der Waals surface area contributed by atoms with Crippen molar-refractivity contribution in [1.82, 2.24) is 0 Å². The summed E-state index contributed by atoms with van der Waals surface area (Å²) in [5.41, 5.74) is 7.09. The van der Waals surface area contributed by atoms with Gasteiger partial charge in [0.15, 0.2) is 0 Å². The molecule has 0 bridgehead atoms. The molecule has 0 amide bonds. The molecule has 0 saturated carbocycles. The van der Waals surface area contributed by atoms with Gasteiger partial charge in [-0.3, -0.25) is 0 Å². The molecule has 1 heterocycles. The quantitative estimate of drug-likeness (QED) is 0.829. The van der Waals surface area contributed by atoms with Crippen LogP contribution in [0.5, 0.6) is 0 Å². The zero-order chi connectivity index (χ0) is 12.3. The van der Waals surface area contributed by atoms with Gasteiger partial charge in [0, 0.05) is 35.1 Å². The van der Waals surface area contributed by atoms with Crippen LogP contribution in [0.3, 0.4) is 0 Å². The first-order chi connectivity index (χ1) is 8.16. The van der Waals surface area contributed by atoms with Gasteiger partial charge in [0.05, 0.1) is 15.8 Å². The van der Waals surface area contributed by atoms with Crippen molar-refractivity contribution in [2.24, 2.45) is 0 Å². The average molecular weight is 337 g/mol. The summed E-state index contributed by atoms with van der Waals surface area (Å²) < 4.78 is 13.8. The number of nitrogens with one attached hydrogen (secondary N) is 1. The van der Waals surface area contributed by atoms with Gasteiger partial charge >= 0.3 is 0 Å². The molecule has 0 spiro atoms. The summed E-state index contributed by atoms with van der Waals surface area (Å²) in [6.07, 6.45) is 0. The second kappa shape index (κ2) is 6.20. The second-order valence-electron chi connectivity index (χ2n) is 3.80. The predicted molar refractivity (Wildman–Crippen MR) is 80.6 cm³/mol. The molecule has 1 atom stereocenters. The summed E-state index contributed by atoms with van der Waals surface area (Å²) in [7, 11) is 0. The van der Waals surface area contributed by atoms with Gasteiger partial charge in [-0.05, 0) is 22.0 Å². The Bertz CT molecular complexity index is 397. The first-order valence-electron chi connectivity index (χ1n) is 5.34. The van der Waals surface area contributed by atoms with Gasteiger partial charge in [0.25, 0.3) is 0 Å². The number of hydrogen-bond acceptors (Lipinski definition) is 4. The summed E-state index contributed by atoms with van der Waals surface area (Å²) in [5.74, 6) is 3.29. The lowest BCUT2D eigenvalue weighted by molar-refractivity contribution is 0.622. The van der Waals surface area contributed by atoms with Crippen LogP contribution in [0.2, 0.25) is 0 Å². The summed E-state index contributed by atoms with van der Waals surface area (Å²) >= 11 is 7.06.